The smallest absolute Gasteiger partial charge is 0.224 e. The summed E-state index contributed by atoms with van der Waals surface area (Å²) in [6.07, 6.45) is 3.33. The molecule has 0 radical (unpaired) electrons. The second-order valence-electron chi connectivity index (χ2n) is 7.44. The molecule has 144 valence electrons. The van der Waals surface area contributed by atoms with Crippen LogP contribution in [-0.4, -0.2) is 68.6 Å². The van der Waals surface area contributed by atoms with E-state index in [-0.39, 0.29) is 18.4 Å². The van der Waals surface area contributed by atoms with Gasteiger partial charge in [-0.1, -0.05) is 12.1 Å². The van der Waals surface area contributed by atoms with Crippen LogP contribution in [-0.2, 0) is 14.8 Å². The molecule has 7 heteroatoms. The Bertz CT molecular complexity index is 766. The molecule has 2 aliphatic rings. The number of benzene rings is 1. The van der Waals surface area contributed by atoms with E-state index in [0.29, 0.717) is 19.6 Å². The van der Waals surface area contributed by atoms with Gasteiger partial charge < -0.3 is 9.80 Å². The lowest BCUT2D eigenvalue weighted by atomic mass is 10.1. The van der Waals surface area contributed by atoms with Crippen LogP contribution in [0.25, 0.3) is 0 Å². The van der Waals surface area contributed by atoms with E-state index in [2.05, 4.69) is 36.9 Å². The van der Waals surface area contributed by atoms with Gasteiger partial charge in [0, 0.05) is 50.9 Å². The van der Waals surface area contributed by atoms with Crippen LogP contribution in [0.4, 0.5) is 5.69 Å². The minimum absolute atomic E-state index is 0.0555. The van der Waals surface area contributed by atoms with Gasteiger partial charge in [-0.05, 0) is 43.9 Å². The van der Waals surface area contributed by atoms with E-state index in [0.717, 1.165) is 25.9 Å². The summed E-state index contributed by atoms with van der Waals surface area (Å²) in [6.45, 7) is 7.57. The lowest BCUT2D eigenvalue weighted by Gasteiger charge is -2.37. The van der Waals surface area contributed by atoms with Gasteiger partial charge in [0.05, 0.1) is 6.26 Å². The summed E-state index contributed by atoms with van der Waals surface area (Å²) in [7, 11) is -3.23. The number of carbonyl (C=O) groups excluding carboxylic acids is 1. The molecule has 0 bridgehead atoms. The first-order valence-electron chi connectivity index (χ1n) is 9.33. The molecule has 1 heterocycles. The van der Waals surface area contributed by atoms with Crippen LogP contribution in [0.15, 0.2) is 18.2 Å². The Kier molecular flexibility index (Phi) is 5.58. The maximum Gasteiger partial charge on any atom is 0.224 e. The van der Waals surface area contributed by atoms with Gasteiger partial charge in [0.25, 0.3) is 0 Å². The van der Waals surface area contributed by atoms with Gasteiger partial charge in [-0.25, -0.2) is 8.42 Å². The molecule has 6 nitrogen and oxygen atoms in total. The Balaban J connectivity index is 1.53. The summed E-state index contributed by atoms with van der Waals surface area (Å²) in [6, 6.07) is 6.44. The quantitative estimate of drug-likeness (QED) is 0.756. The highest BCUT2D eigenvalue weighted by atomic mass is 32.2. The lowest BCUT2D eigenvalue weighted by molar-refractivity contribution is -0.131. The SMILES string of the molecule is Cc1cccc(N2CCN(C(=O)CCN(C3CC3)S(C)(=O)=O)CC2)c1C. The average molecular weight is 380 g/mol. The number of hydrogen-bond acceptors (Lipinski definition) is 4. The highest BCUT2D eigenvalue weighted by molar-refractivity contribution is 7.88. The molecule has 1 saturated heterocycles. The molecular formula is C19H29N3O3S. The van der Waals surface area contributed by atoms with Crippen molar-refractivity contribution in [3.63, 3.8) is 0 Å². The number of nitrogens with zero attached hydrogens (tertiary/aromatic N) is 3. The van der Waals surface area contributed by atoms with Crippen molar-refractivity contribution in [2.75, 3.05) is 43.9 Å². The lowest BCUT2D eigenvalue weighted by Crippen LogP contribution is -2.49. The van der Waals surface area contributed by atoms with Crippen LogP contribution in [0.3, 0.4) is 0 Å². The monoisotopic (exact) mass is 379 g/mol. The zero-order chi connectivity index (χ0) is 18.9. The van der Waals surface area contributed by atoms with Gasteiger partial charge in [-0.15, -0.1) is 0 Å². The van der Waals surface area contributed by atoms with Crippen LogP contribution < -0.4 is 4.90 Å². The topological polar surface area (TPSA) is 60.9 Å². The first-order chi connectivity index (χ1) is 12.3. The predicted octanol–water partition coefficient (Wildman–Crippen LogP) is 1.77. The molecule has 0 aromatic heterocycles. The minimum Gasteiger partial charge on any atom is -0.368 e. The summed E-state index contributed by atoms with van der Waals surface area (Å²) in [5.74, 6) is 0.0555. The number of rotatable bonds is 6. The van der Waals surface area contributed by atoms with E-state index in [1.165, 1.54) is 27.4 Å². The standard InChI is InChI=1S/C19H29N3O3S/c1-15-5-4-6-18(16(15)2)20-11-13-21(14-12-20)19(23)9-10-22(17-7-8-17)26(3,24)25/h4-6,17H,7-14H2,1-3H3. The Morgan fingerprint density at radius 3 is 2.38 bits per heavy atom. The van der Waals surface area contributed by atoms with E-state index in [4.69, 9.17) is 0 Å². The molecule has 2 fully saturated rings. The second-order valence-corrected chi connectivity index (χ2v) is 9.38. The van der Waals surface area contributed by atoms with Crippen molar-refractivity contribution in [1.29, 1.82) is 0 Å². The number of carbonyl (C=O) groups is 1. The van der Waals surface area contributed by atoms with E-state index >= 15 is 0 Å². The van der Waals surface area contributed by atoms with E-state index < -0.39 is 10.0 Å². The van der Waals surface area contributed by atoms with Gasteiger partial charge in [-0.3, -0.25) is 4.79 Å². The Hall–Kier alpha value is -1.60. The third-order valence-corrected chi connectivity index (χ3v) is 6.81. The highest BCUT2D eigenvalue weighted by Gasteiger charge is 2.35. The van der Waals surface area contributed by atoms with Crippen molar-refractivity contribution in [2.45, 2.75) is 39.2 Å². The predicted molar refractivity (Wildman–Crippen MR) is 104 cm³/mol. The number of sulfonamides is 1. The zero-order valence-corrected chi connectivity index (χ0v) is 16.8. The number of piperazine rings is 1. The van der Waals surface area contributed by atoms with Gasteiger partial charge in [0.2, 0.25) is 15.9 Å². The van der Waals surface area contributed by atoms with E-state index in [9.17, 15) is 13.2 Å². The minimum atomic E-state index is -3.23. The van der Waals surface area contributed by atoms with Crippen molar-refractivity contribution in [1.82, 2.24) is 9.21 Å². The fraction of sp³-hybridized carbons (Fsp3) is 0.632. The Labute approximate surface area is 156 Å². The summed E-state index contributed by atoms with van der Waals surface area (Å²) < 4.78 is 25.2. The molecule has 1 aromatic rings. The van der Waals surface area contributed by atoms with Gasteiger partial charge in [0.15, 0.2) is 0 Å². The molecule has 0 atom stereocenters. The molecular weight excluding hydrogens is 350 g/mol. The number of aryl methyl sites for hydroxylation is 1. The molecule has 1 amide bonds. The van der Waals surface area contributed by atoms with Crippen molar-refractivity contribution in [3.8, 4) is 0 Å². The first-order valence-corrected chi connectivity index (χ1v) is 11.2. The number of anilines is 1. The average Bonchev–Trinajstić information content (AvgIpc) is 3.41. The highest BCUT2D eigenvalue weighted by Crippen LogP contribution is 2.29. The van der Waals surface area contributed by atoms with Gasteiger partial charge in [-0.2, -0.15) is 4.31 Å². The third kappa shape index (κ3) is 4.38. The summed E-state index contributed by atoms with van der Waals surface area (Å²) in [5.41, 5.74) is 3.82. The fourth-order valence-electron chi connectivity index (χ4n) is 3.62. The Morgan fingerprint density at radius 2 is 1.81 bits per heavy atom. The molecule has 3 rings (SSSR count). The maximum atomic E-state index is 12.5. The van der Waals surface area contributed by atoms with Crippen molar-refractivity contribution in [3.05, 3.63) is 29.3 Å². The molecule has 1 aromatic carbocycles. The van der Waals surface area contributed by atoms with Crippen molar-refractivity contribution < 1.29 is 13.2 Å². The molecule has 1 aliphatic heterocycles. The zero-order valence-electron chi connectivity index (χ0n) is 15.9. The largest absolute Gasteiger partial charge is 0.368 e. The Morgan fingerprint density at radius 1 is 1.15 bits per heavy atom. The number of hydrogen-bond donors (Lipinski definition) is 0. The summed E-state index contributed by atoms with van der Waals surface area (Å²) in [4.78, 5) is 16.7. The second kappa shape index (κ2) is 7.56. The van der Waals surface area contributed by atoms with Crippen molar-refractivity contribution >= 4 is 21.6 Å². The maximum absolute atomic E-state index is 12.5. The molecule has 26 heavy (non-hydrogen) atoms. The van der Waals surface area contributed by atoms with Gasteiger partial charge >= 0.3 is 0 Å². The van der Waals surface area contributed by atoms with Crippen LogP contribution in [0.1, 0.15) is 30.4 Å². The van der Waals surface area contributed by atoms with Crippen molar-refractivity contribution in [2.24, 2.45) is 0 Å². The fourth-order valence-corrected chi connectivity index (χ4v) is 4.80. The molecule has 0 unspecified atom stereocenters. The van der Waals surface area contributed by atoms with Crippen LogP contribution in [0, 0.1) is 13.8 Å². The normalized spacial score (nSPS) is 18.5. The van der Waals surface area contributed by atoms with Crippen LogP contribution in [0.2, 0.25) is 0 Å². The van der Waals surface area contributed by atoms with Crippen LogP contribution in [0.5, 0.6) is 0 Å². The number of amides is 1. The van der Waals surface area contributed by atoms with Crippen LogP contribution >= 0.6 is 0 Å². The van der Waals surface area contributed by atoms with E-state index in [1.54, 1.807) is 0 Å². The third-order valence-electron chi connectivity index (χ3n) is 5.48. The first kappa shape index (κ1) is 19.2. The van der Waals surface area contributed by atoms with E-state index in [1.807, 2.05) is 4.90 Å². The molecule has 0 spiro atoms. The molecule has 0 N–H and O–H groups in total. The summed E-state index contributed by atoms with van der Waals surface area (Å²) >= 11 is 0. The molecule has 1 saturated carbocycles. The van der Waals surface area contributed by atoms with Gasteiger partial charge in [0.1, 0.15) is 0 Å². The molecule has 1 aliphatic carbocycles. The summed E-state index contributed by atoms with van der Waals surface area (Å²) in [5, 5.41) is 0.